The third kappa shape index (κ3) is 1.97. The van der Waals surface area contributed by atoms with Crippen LogP contribution < -0.4 is 0 Å². The second-order valence-electron chi connectivity index (χ2n) is 3.78. The molecule has 0 N–H and O–H groups in total. The van der Waals surface area contributed by atoms with Gasteiger partial charge in [-0.3, -0.25) is 0 Å². The Morgan fingerprint density at radius 1 is 1.19 bits per heavy atom. The number of hydrogen-bond donors (Lipinski definition) is 0. The number of hydrogen-bond acceptors (Lipinski definition) is 1. The highest BCUT2D eigenvalue weighted by molar-refractivity contribution is 5.91. The van der Waals surface area contributed by atoms with Crippen LogP contribution in [0.25, 0.3) is 16.8 Å². The highest BCUT2D eigenvalue weighted by atomic mass is 14.2. The van der Waals surface area contributed by atoms with Crippen molar-refractivity contribution in [3.63, 3.8) is 0 Å². The van der Waals surface area contributed by atoms with E-state index in [1.165, 1.54) is 21.9 Å². The van der Waals surface area contributed by atoms with E-state index < -0.39 is 0 Å². The molecular weight excluding hydrogens is 194 g/mol. The molecule has 0 aliphatic heterocycles. The lowest BCUT2D eigenvalue weighted by molar-refractivity contribution is 1.36. The summed E-state index contributed by atoms with van der Waals surface area (Å²) in [5.74, 6) is 0. The van der Waals surface area contributed by atoms with E-state index in [4.69, 9.17) is 5.26 Å². The standard InChI is InChI=1S/C15H13N/c1-12-9-10-13-6-2-3-8-15(13)14(12)7-4-5-11-16/h2-4,6-10H,5H2,1H3/b7-4-. The molecular formula is C15H13N. The molecule has 0 spiro atoms. The number of fused-ring (bicyclic) bond motifs is 1. The summed E-state index contributed by atoms with van der Waals surface area (Å²) in [5, 5.41) is 11.0. The van der Waals surface area contributed by atoms with Gasteiger partial charge in [0.15, 0.2) is 0 Å². The molecule has 2 aromatic rings. The molecule has 0 saturated heterocycles. The molecule has 16 heavy (non-hydrogen) atoms. The monoisotopic (exact) mass is 207 g/mol. The Morgan fingerprint density at radius 2 is 2.00 bits per heavy atom. The third-order valence-electron chi connectivity index (χ3n) is 2.68. The normalized spacial score (nSPS) is 10.8. The Hall–Kier alpha value is -2.07. The van der Waals surface area contributed by atoms with E-state index >= 15 is 0 Å². The van der Waals surface area contributed by atoms with Crippen molar-refractivity contribution < 1.29 is 0 Å². The molecule has 2 aromatic carbocycles. The predicted molar refractivity (Wildman–Crippen MR) is 67.9 cm³/mol. The molecule has 0 unspecified atom stereocenters. The quantitative estimate of drug-likeness (QED) is 0.728. The smallest absolute Gasteiger partial charge is 0.0663 e. The van der Waals surface area contributed by atoms with Gasteiger partial charge in [0.2, 0.25) is 0 Å². The van der Waals surface area contributed by atoms with E-state index in [9.17, 15) is 0 Å². The molecule has 0 aromatic heterocycles. The number of benzene rings is 2. The maximum absolute atomic E-state index is 8.53. The first-order valence-corrected chi connectivity index (χ1v) is 5.35. The SMILES string of the molecule is Cc1ccc2ccccc2c1/C=C\CC#N. The lowest BCUT2D eigenvalue weighted by Gasteiger charge is -2.05. The zero-order valence-corrected chi connectivity index (χ0v) is 9.27. The van der Waals surface area contributed by atoms with Crippen LogP contribution in [0.1, 0.15) is 17.5 Å². The van der Waals surface area contributed by atoms with E-state index in [2.05, 4.69) is 37.3 Å². The molecule has 0 bridgehead atoms. The largest absolute Gasteiger partial charge is 0.198 e. The van der Waals surface area contributed by atoms with Gasteiger partial charge < -0.3 is 0 Å². The second kappa shape index (κ2) is 4.63. The minimum absolute atomic E-state index is 0.461. The zero-order chi connectivity index (χ0) is 11.4. The first-order valence-electron chi connectivity index (χ1n) is 5.35. The van der Waals surface area contributed by atoms with Crippen molar-refractivity contribution in [3.8, 4) is 6.07 Å². The van der Waals surface area contributed by atoms with Crippen LogP contribution >= 0.6 is 0 Å². The highest BCUT2D eigenvalue weighted by Crippen LogP contribution is 2.23. The van der Waals surface area contributed by atoms with Gasteiger partial charge in [0.25, 0.3) is 0 Å². The molecule has 0 radical (unpaired) electrons. The fourth-order valence-corrected chi connectivity index (χ4v) is 1.86. The van der Waals surface area contributed by atoms with Crippen molar-refractivity contribution in [1.82, 2.24) is 0 Å². The van der Waals surface area contributed by atoms with Crippen LogP contribution in [0.5, 0.6) is 0 Å². The summed E-state index contributed by atoms with van der Waals surface area (Å²) in [7, 11) is 0. The fraction of sp³-hybridized carbons (Fsp3) is 0.133. The van der Waals surface area contributed by atoms with Crippen LogP contribution in [0.15, 0.2) is 42.5 Å². The number of aryl methyl sites for hydroxylation is 1. The summed E-state index contributed by atoms with van der Waals surface area (Å²) in [4.78, 5) is 0. The molecule has 0 amide bonds. The maximum Gasteiger partial charge on any atom is 0.0663 e. The third-order valence-corrected chi connectivity index (χ3v) is 2.68. The fourth-order valence-electron chi connectivity index (χ4n) is 1.86. The minimum Gasteiger partial charge on any atom is -0.198 e. The van der Waals surface area contributed by atoms with Crippen LogP contribution in [-0.2, 0) is 0 Å². The average Bonchev–Trinajstić information content (AvgIpc) is 2.32. The molecule has 2 rings (SSSR count). The van der Waals surface area contributed by atoms with Gasteiger partial charge in [-0.2, -0.15) is 5.26 Å². The second-order valence-corrected chi connectivity index (χ2v) is 3.78. The van der Waals surface area contributed by atoms with Crippen molar-refractivity contribution in [3.05, 3.63) is 53.6 Å². The summed E-state index contributed by atoms with van der Waals surface area (Å²) >= 11 is 0. The van der Waals surface area contributed by atoms with Crippen LogP contribution in [-0.4, -0.2) is 0 Å². The van der Waals surface area contributed by atoms with Gasteiger partial charge in [-0.25, -0.2) is 0 Å². The Kier molecular flexibility index (Phi) is 3.03. The number of rotatable bonds is 2. The Labute approximate surface area is 95.6 Å². The van der Waals surface area contributed by atoms with Gasteiger partial charge in [0, 0.05) is 0 Å². The topological polar surface area (TPSA) is 23.8 Å². The lowest BCUT2D eigenvalue weighted by atomic mass is 9.99. The van der Waals surface area contributed by atoms with E-state index in [-0.39, 0.29) is 0 Å². The Bertz CT molecular complexity index is 573. The Balaban J connectivity index is 2.58. The van der Waals surface area contributed by atoms with E-state index in [0.29, 0.717) is 6.42 Å². The summed E-state index contributed by atoms with van der Waals surface area (Å²) in [6.07, 6.45) is 4.42. The van der Waals surface area contributed by atoms with Crippen molar-refractivity contribution in [2.75, 3.05) is 0 Å². The first kappa shape index (κ1) is 10.4. The number of nitriles is 1. The maximum atomic E-state index is 8.53. The van der Waals surface area contributed by atoms with Crippen molar-refractivity contribution >= 4 is 16.8 Å². The lowest BCUT2D eigenvalue weighted by Crippen LogP contribution is -1.83. The molecule has 1 heteroatoms. The highest BCUT2D eigenvalue weighted by Gasteiger charge is 2.00. The summed E-state index contributed by atoms with van der Waals surface area (Å²) in [6.45, 7) is 2.10. The van der Waals surface area contributed by atoms with Crippen LogP contribution in [0, 0.1) is 18.3 Å². The van der Waals surface area contributed by atoms with Crippen molar-refractivity contribution in [2.45, 2.75) is 13.3 Å². The predicted octanol–water partition coefficient (Wildman–Crippen LogP) is 4.08. The van der Waals surface area contributed by atoms with Gasteiger partial charge in [-0.1, -0.05) is 48.6 Å². The van der Waals surface area contributed by atoms with E-state index in [0.717, 1.165) is 0 Å². The molecule has 0 saturated carbocycles. The molecule has 0 atom stereocenters. The van der Waals surface area contributed by atoms with Crippen LogP contribution in [0.2, 0.25) is 0 Å². The van der Waals surface area contributed by atoms with Gasteiger partial charge in [0.05, 0.1) is 12.5 Å². The van der Waals surface area contributed by atoms with Crippen LogP contribution in [0.4, 0.5) is 0 Å². The average molecular weight is 207 g/mol. The van der Waals surface area contributed by atoms with Crippen molar-refractivity contribution in [1.29, 1.82) is 5.26 Å². The van der Waals surface area contributed by atoms with Gasteiger partial charge in [0.1, 0.15) is 0 Å². The summed E-state index contributed by atoms with van der Waals surface area (Å²) in [5.41, 5.74) is 2.46. The summed E-state index contributed by atoms with van der Waals surface area (Å²) < 4.78 is 0. The molecule has 78 valence electrons. The molecule has 0 aliphatic rings. The van der Waals surface area contributed by atoms with Gasteiger partial charge >= 0.3 is 0 Å². The van der Waals surface area contributed by atoms with Crippen LogP contribution in [0.3, 0.4) is 0 Å². The number of allylic oxidation sites excluding steroid dienone is 1. The molecule has 0 fully saturated rings. The zero-order valence-electron chi connectivity index (χ0n) is 9.27. The molecule has 0 aliphatic carbocycles. The van der Waals surface area contributed by atoms with E-state index in [1.807, 2.05) is 24.3 Å². The van der Waals surface area contributed by atoms with Gasteiger partial charge in [-0.05, 0) is 28.8 Å². The Morgan fingerprint density at radius 3 is 2.81 bits per heavy atom. The molecule has 1 nitrogen and oxygen atoms in total. The van der Waals surface area contributed by atoms with Crippen molar-refractivity contribution in [2.24, 2.45) is 0 Å². The summed E-state index contributed by atoms with van der Waals surface area (Å²) in [6, 6.07) is 14.7. The first-order chi connectivity index (χ1) is 7.83. The number of nitrogens with zero attached hydrogens (tertiary/aromatic N) is 1. The van der Waals surface area contributed by atoms with E-state index in [1.54, 1.807) is 0 Å². The molecule has 0 heterocycles. The minimum atomic E-state index is 0.461. The van der Waals surface area contributed by atoms with Gasteiger partial charge in [-0.15, -0.1) is 0 Å².